The van der Waals surface area contributed by atoms with Crippen LogP contribution in [0.3, 0.4) is 0 Å². The molecule has 122 valence electrons. The molecule has 0 amide bonds. The van der Waals surface area contributed by atoms with Crippen molar-refractivity contribution < 1.29 is 9.47 Å². The van der Waals surface area contributed by atoms with Crippen molar-refractivity contribution in [2.45, 2.75) is 64.2 Å². The van der Waals surface area contributed by atoms with E-state index >= 15 is 0 Å². The van der Waals surface area contributed by atoms with Gasteiger partial charge in [-0.15, -0.1) is 0 Å². The van der Waals surface area contributed by atoms with E-state index in [4.69, 9.17) is 9.47 Å². The quantitative estimate of drug-likeness (QED) is 0.615. The lowest BCUT2D eigenvalue weighted by molar-refractivity contribution is -0.176. The topological polar surface area (TPSA) is 54.9 Å². The summed E-state index contributed by atoms with van der Waals surface area (Å²) < 4.78 is 11.5. The largest absolute Gasteiger partial charge is 0.378 e. The summed E-state index contributed by atoms with van der Waals surface area (Å²) in [6, 6.07) is 0.367. The molecule has 1 aliphatic carbocycles. The van der Waals surface area contributed by atoms with Crippen molar-refractivity contribution >= 4 is 5.96 Å². The summed E-state index contributed by atoms with van der Waals surface area (Å²) in [5.41, 5.74) is -0.0506. The predicted octanol–water partition coefficient (Wildman–Crippen LogP) is 1.92. The lowest BCUT2D eigenvalue weighted by Gasteiger charge is -2.59. The van der Waals surface area contributed by atoms with E-state index < -0.39 is 0 Å². The molecule has 0 spiro atoms. The van der Waals surface area contributed by atoms with Gasteiger partial charge < -0.3 is 20.1 Å². The molecule has 3 atom stereocenters. The lowest BCUT2D eigenvalue weighted by atomic mass is 9.56. The van der Waals surface area contributed by atoms with Gasteiger partial charge in [0.05, 0.1) is 11.2 Å². The minimum absolute atomic E-state index is 0.0617. The zero-order valence-corrected chi connectivity index (χ0v) is 14.4. The number of ether oxygens (including phenoxy) is 2. The predicted molar refractivity (Wildman–Crippen MR) is 85.7 cm³/mol. The molecule has 0 bridgehead atoms. The molecule has 1 heterocycles. The maximum atomic E-state index is 5.81. The number of hydrogen-bond acceptors (Lipinski definition) is 3. The second kappa shape index (κ2) is 5.76. The molecule has 1 aliphatic heterocycles. The summed E-state index contributed by atoms with van der Waals surface area (Å²) >= 11 is 0. The fourth-order valence-corrected chi connectivity index (χ4v) is 3.33. The van der Waals surface area contributed by atoms with Crippen LogP contribution in [0.1, 0.15) is 47.0 Å². The van der Waals surface area contributed by atoms with Crippen LogP contribution in [0.2, 0.25) is 0 Å². The molecule has 0 radical (unpaired) electrons. The number of rotatable bonds is 4. The SMILES string of the molecule is CN=C(NCC1(C)CCCO1)NC1CC(C)(OC)C1(C)C. The summed E-state index contributed by atoms with van der Waals surface area (Å²) in [7, 11) is 3.61. The summed E-state index contributed by atoms with van der Waals surface area (Å²) in [5.74, 6) is 0.850. The highest BCUT2D eigenvalue weighted by Gasteiger charge is 2.58. The molecule has 1 saturated carbocycles. The zero-order valence-electron chi connectivity index (χ0n) is 14.4. The number of methoxy groups -OCH3 is 1. The van der Waals surface area contributed by atoms with Gasteiger partial charge >= 0.3 is 0 Å². The highest BCUT2D eigenvalue weighted by Crippen LogP contribution is 2.51. The van der Waals surface area contributed by atoms with Gasteiger partial charge in [0.15, 0.2) is 5.96 Å². The second-order valence-electron chi connectivity index (χ2n) is 7.39. The van der Waals surface area contributed by atoms with Crippen LogP contribution in [-0.4, -0.2) is 50.5 Å². The van der Waals surface area contributed by atoms with Crippen molar-refractivity contribution in [3.05, 3.63) is 0 Å². The molecule has 1 saturated heterocycles. The first-order chi connectivity index (χ1) is 9.76. The van der Waals surface area contributed by atoms with Crippen LogP contribution >= 0.6 is 0 Å². The highest BCUT2D eigenvalue weighted by molar-refractivity contribution is 5.80. The van der Waals surface area contributed by atoms with E-state index in [2.05, 4.69) is 43.3 Å². The van der Waals surface area contributed by atoms with Crippen LogP contribution in [0, 0.1) is 5.41 Å². The molecule has 3 unspecified atom stereocenters. The molecule has 21 heavy (non-hydrogen) atoms. The third kappa shape index (κ3) is 3.04. The van der Waals surface area contributed by atoms with Gasteiger partial charge in [-0.05, 0) is 33.1 Å². The molecular formula is C16H31N3O2. The second-order valence-corrected chi connectivity index (χ2v) is 7.39. The van der Waals surface area contributed by atoms with E-state index in [1.165, 1.54) is 0 Å². The van der Waals surface area contributed by atoms with E-state index in [1.54, 1.807) is 7.11 Å². The Bertz CT molecular complexity index is 402. The first kappa shape index (κ1) is 16.6. The molecule has 2 fully saturated rings. The van der Waals surface area contributed by atoms with Crippen LogP contribution < -0.4 is 10.6 Å². The first-order valence-corrected chi connectivity index (χ1v) is 7.93. The first-order valence-electron chi connectivity index (χ1n) is 7.93. The Hall–Kier alpha value is -0.810. The zero-order chi connectivity index (χ0) is 15.7. The van der Waals surface area contributed by atoms with E-state index in [-0.39, 0.29) is 16.6 Å². The molecule has 5 nitrogen and oxygen atoms in total. The van der Waals surface area contributed by atoms with E-state index in [1.807, 2.05) is 7.05 Å². The number of hydrogen-bond donors (Lipinski definition) is 2. The molecule has 2 N–H and O–H groups in total. The van der Waals surface area contributed by atoms with Gasteiger partial charge in [0.1, 0.15) is 0 Å². The van der Waals surface area contributed by atoms with E-state index in [0.717, 1.165) is 38.4 Å². The Morgan fingerprint density at radius 1 is 1.33 bits per heavy atom. The van der Waals surface area contributed by atoms with Gasteiger partial charge in [-0.2, -0.15) is 0 Å². The van der Waals surface area contributed by atoms with Crippen molar-refractivity contribution in [1.82, 2.24) is 10.6 Å². The van der Waals surface area contributed by atoms with Crippen molar-refractivity contribution in [3.63, 3.8) is 0 Å². The minimum Gasteiger partial charge on any atom is -0.378 e. The average molecular weight is 297 g/mol. The third-order valence-corrected chi connectivity index (χ3v) is 5.74. The number of nitrogens with zero attached hydrogens (tertiary/aromatic N) is 1. The number of aliphatic imine (C=N–C) groups is 1. The summed E-state index contributed by atoms with van der Waals surface area (Å²) in [4.78, 5) is 4.34. The smallest absolute Gasteiger partial charge is 0.191 e. The van der Waals surface area contributed by atoms with Gasteiger partial charge in [-0.3, -0.25) is 4.99 Å². The maximum Gasteiger partial charge on any atom is 0.191 e. The fraction of sp³-hybridized carbons (Fsp3) is 0.938. The van der Waals surface area contributed by atoms with Gasteiger partial charge in [-0.1, -0.05) is 13.8 Å². The van der Waals surface area contributed by atoms with Gasteiger partial charge in [0, 0.05) is 38.8 Å². The number of guanidine groups is 1. The van der Waals surface area contributed by atoms with Crippen LogP contribution in [0.15, 0.2) is 4.99 Å². The molecule has 2 rings (SSSR count). The van der Waals surface area contributed by atoms with Gasteiger partial charge in [-0.25, -0.2) is 0 Å². The Kier molecular flexibility index (Phi) is 4.54. The Morgan fingerprint density at radius 2 is 2.05 bits per heavy atom. The van der Waals surface area contributed by atoms with Crippen LogP contribution in [-0.2, 0) is 9.47 Å². The van der Waals surface area contributed by atoms with E-state index in [9.17, 15) is 0 Å². The van der Waals surface area contributed by atoms with Crippen LogP contribution in [0.25, 0.3) is 0 Å². The summed E-state index contributed by atoms with van der Waals surface area (Å²) in [5, 5.41) is 6.93. The highest BCUT2D eigenvalue weighted by atomic mass is 16.5. The van der Waals surface area contributed by atoms with Gasteiger partial charge in [0.25, 0.3) is 0 Å². The fourth-order valence-electron chi connectivity index (χ4n) is 3.33. The summed E-state index contributed by atoms with van der Waals surface area (Å²) in [6.45, 7) is 10.5. The Balaban J connectivity index is 1.87. The minimum atomic E-state index is -0.0654. The third-order valence-electron chi connectivity index (χ3n) is 5.74. The Morgan fingerprint density at radius 3 is 2.52 bits per heavy atom. The van der Waals surface area contributed by atoms with Crippen molar-refractivity contribution in [3.8, 4) is 0 Å². The van der Waals surface area contributed by atoms with Crippen molar-refractivity contribution in [1.29, 1.82) is 0 Å². The van der Waals surface area contributed by atoms with Crippen LogP contribution in [0.4, 0.5) is 0 Å². The van der Waals surface area contributed by atoms with Crippen LogP contribution in [0.5, 0.6) is 0 Å². The normalized spacial score (nSPS) is 39.0. The molecule has 2 aliphatic rings. The molecule has 5 heteroatoms. The van der Waals surface area contributed by atoms with Crippen molar-refractivity contribution in [2.24, 2.45) is 10.4 Å². The lowest BCUT2D eigenvalue weighted by Crippen LogP contribution is -2.69. The number of nitrogens with one attached hydrogen (secondary N) is 2. The van der Waals surface area contributed by atoms with E-state index in [0.29, 0.717) is 6.04 Å². The Labute approximate surface area is 128 Å². The standard InChI is InChI=1S/C16H31N3O2/c1-14(2)12(10-16(14,4)20-6)19-13(17-5)18-11-15(3)8-7-9-21-15/h12H,7-11H2,1-6H3,(H2,17,18,19). The molecular weight excluding hydrogens is 266 g/mol. The average Bonchev–Trinajstić information content (AvgIpc) is 2.89. The summed E-state index contributed by atoms with van der Waals surface area (Å²) in [6.07, 6.45) is 3.24. The molecule has 0 aromatic carbocycles. The van der Waals surface area contributed by atoms with Gasteiger partial charge in [0.2, 0.25) is 0 Å². The molecule has 0 aromatic rings. The molecule has 0 aromatic heterocycles. The van der Waals surface area contributed by atoms with Crippen molar-refractivity contribution in [2.75, 3.05) is 27.3 Å². The monoisotopic (exact) mass is 297 g/mol. The maximum absolute atomic E-state index is 5.81.